The molecule has 0 aromatic carbocycles. The van der Waals surface area contributed by atoms with Crippen molar-refractivity contribution < 1.29 is 39.0 Å². The Morgan fingerprint density at radius 2 is 1.34 bits per heavy atom. The van der Waals surface area contributed by atoms with Crippen molar-refractivity contribution in [2.75, 3.05) is 6.54 Å². The highest BCUT2D eigenvalue weighted by Crippen LogP contribution is 2.10. The van der Waals surface area contributed by atoms with Gasteiger partial charge in [-0.3, -0.25) is 28.8 Å². The lowest BCUT2D eigenvalue weighted by Crippen LogP contribution is -2.58. The number of hydrogen-bond donors (Lipinski definition) is 9. The maximum absolute atomic E-state index is 13.0. The van der Waals surface area contributed by atoms with E-state index in [0.29, 0.717) is 0 Å². The Morgan fingerprint density at radius 3 is 1.79 bits per heavy atom. The van der Waals surface area contributed by atoms with Crippen LogP contribution in [0.2, 0.25) is 0 Å². The first-order valence-corrected chi connectivity index (χ1v) is 12.3. The molecule has 0 aromatic heterocycles. The Morgan fingerprint density at radius 1 is 0.789 bits per heavy atom. The minimum Gasteiger partial charge on any atom is -0.481 e. The predicted octanol–water partition coefficient (Wildman–Crippen LogP) is -3.36. The molecule has 38 heavy (non-hydrogen) atoms. The number of carbonyl (C=O) groups is 6. The molecule has 0 spiro atoms. The number of hydrogen-bond acceptors (Lipinski definition) is 9. The fourth-order valence-electron chi connectivity index (χ4n) is 3.31. The fraction of sp³-hybridized carbons (Fsp3) is 0.739. The smallest absolute Gasteiger partial charge is 0.305 e. The minimum atomic E-state index is -1.35. The molecule has 0 aromatic rings. The molecule has 12 N–H and O–H groups in total. The number of nitrogens with one attached hydrogen (secondary N) is 4. The number of aliphatic carboxylic acids is 1. The van der Waals surface area contributed by atoms with Crippen LogP contribution in [0.1, 0.15) is 53.9 Å². The average molecular weight is 546 g/mol. The van der Waals surface area contributed by atoms with Crippen LogP contribution in [0.3, 0.4) is 0 Å². The summed E-state index contributed by atoms with van der Waals surface area (Å²) >= 11 is 0. The van der Waals surface area contributed by atoms with E-state index in [1.54, 1.807) is 13.8 Å². The number of aliphatic hydroxyl groups is 1. The Labute approximate surface area is 222 Å². The quantitative estimate of drug-likeness (QED) is 0.0825. The lowest BCUT2D eigenvalue weighted by molar-refractivity contribution is -0.140. The van der Waals surface area contributed by atoms with Crippen LogP contribution in [-0.2, 0) is 28.8 Å². The van der Waals surface area contributed by atoms with Crippen molar-refractivity contribution in [3.63, 3.8) is 0 Å². The van der Waals surface area contributed by atoms with Crippen LogP contribution in [-0.4, -0.2) is 88.6 Å². The topological polar surface area (TPSA) is 269 Å². The Kier molecular flexibility index (Phi) is 15.1. The van der Waals surface area contributed by atoms with E-state index >= 15 is 0 Å². The number of carbonyl (C=O) groups excluding carboxylic acids is 5. The molecule has 0 aliphatic carbocycles. The first kappa shape index (κ1) is 34.7. The molecule has 0 aliphatic rings. The van der Waals surface area contributed by atoms with E-state index in [4.69, 9.17) is 22.3 Å². The number of amides is 5. The van der Waals surface area contributed by atoms with Gasteiger partial charge < -0.3 is 48.7 Å². The van der Waals surface area contributed by atoms with Gasteiger partial charge in [0.15, 0.2) is 0 Å². The van der Waals surface area contributed by atoms with E-state index in [2.05, 4.69) is 21.3 Å². The van der Waals surface area contributed by atoms with Crippen molar-refractivity contribution >= 4 is 35.5 Å². The predicted molar refractivity (Wildman–Crippen MR) is 137 cm³/mol. The second kappa shape index (κ2) is 16.5. The normalized spacial score (nSPS) is 16.0. The molecule has 0 heterocycles. The molecule has 15 heteroatoms. The molecule has 218 valence electrons. The van der Waals surface area contributed by atoms with E-state index in [0.717, 1.165) is 0 Å². The Balaban J connectivity index is 5.59. The third kappa shape index (κ3) is 13.3. The standard InChI is InChI=1S/C23H43N7O8/c1-10(2)6-13(29-22(37)15(7-17(24)32)30-23(38)19(25)11(3)4)16(31)9-27-14(8-18(33)34)21(36)28-12(5)20(26)35/h10-16,19,27,31H,6-9,25H2,1-5H3,(H2,24,32)(H2,26,35)(H,28,36)(H,29,37)(H,30,38)(H,33,34)/t12-,13-,14-,15-,16-,19-/m0/s1. The third-order valence-electron chi connectivity index (χ3n) is 5.63. The van der Waals surface area contributed by atoms with Crippen molar-refractivity contribution in [2.24, 2.45) is 29.0 Å². The van der Waals surface area contributed by atoms with Gasteiger partial charge in [0.2, 0.25) is 29.5 Å². The van der Waals surface area contributed by atoms with Crippen molar-refractivity contribution in [2.45, 2.75) is 90.2 Å². The summed E-state index contributed by atoms with van der Waals surface area (Å²) in [4.78, 5) is 71.8. The zero-order valence-electron chi connectivity index (χ0n) is 22.5. The molecular formula is C23H43N7O8. The van der Waals surface area contributed by atoms with Crippen molar-refractivity contribution in [1.29, 1.82) is 0 Å². The first-order chi connectivity index (χ1) is 17.5. The third-order valence-corrected chi connectivity index (χ3v) is 5.63. The van der Waals surface area contributed by atoms with Gasteiger partial charge in [0.1, 0.15) is 12.1 Å². The van der Waals surface area contributed by atoms with Gasteiger partial charge >= 0.3 is 5.97 Å². The highest BCUT2D eigenvalue weighted by Gasteiger charge is 2.31. The summed E-state index contributed by atoms with van der Waals surface area (Å²) in [5.74, 6) is -5.50. The summed E-state index contributed by atoms with van der Waals surface area (Å²) in [5, 5.41) is 29.9. The van der Waals surface area contributed by atoms with E-state index in [-0.39, 0.29) is 24.8 Å². The maximum Gasteiger partial charge on any atom is 0.305 e. The van der Waals surface area contributed by atoms with Gasteiger partial charge in [0.25, 0.3) is 0 Å². The van der Waals surface area contributed by atoms with Crippen molar-refractivity contribution in [3.05, 3.63) is 0 Å². The molecule has 0 aliphatic heterocycles. The van der Waals surface area contributed by atoms with Gasteiger partial charge in [-0.05, 0) is 25.2 Å². The van der Waals surface area contributed by atoms with Crippen LogP contribution in [0.4, 0.5) is 0 Å². The highest BCUT2D eigenvalue weighted by atomic mass is 16.4. The molecule has 0 saturated carbocycles. The summed E-state index contributed by atoms with van der Waals surface area (Å²) in [6.45, 7) is 8.09. The Hall–Kier alpha value is -3.30. The van der Waals surface area contributed by atoms with Gasteiger partial charge in [-0.2, -0.15) is 0 Å². The summed E-state index contributed by atoms with van der Waals surface area (Å²) in [7, 11) is 0. The van der Waals surface area contributed by atoms with Crippen LogP contribution < -0.4 is 38.5 Å². The van der Waals surface area contributed by atoms with E-state index < -0.39 is 84.7 Å². The van der Waals surface area contributed by atoms with Crippen molar-refractivity contribution in [3.8, 4) is 0 Å². The summed E-state index contributed by atoms with van der Waals surface area (Å²) in [5.41, 5.74) is 16.2. The molecule has 0 fully saturated rings. The zero-order valence-corrected chi connectivity index (χ0v) is 22.5. The molecule has 6 atom stereocenters. The van der Waals surface area contributed by atoms with Gasteiger partial charge in [-0.25, -0.2) is 0 Å². The largest absolute Gasteiger partial charge is 0.481 e. The van der Waals surface area contributed by atoms with Crippen LogP contribution in [0.25, 0.3) is 0 Å². The number of carboxylic acids is 1. The average Bonchev–Trinajstić information content (AvgIpc) is 2.78. The number of aliphatic hydroxyl groups excluding tert-OH is 1. The van der Waals surface area contributed by atoms with Crippen LogP contribution in [0, 0.1) is 11.8 Å². The molecule has 15 nitrogen and oxygen atoms in total. The van der Waals surface area contributed by atoms with Gasteiger partial charge in [0, 0.05) is 6.54 Å². The van der Waals surface area contributed by atoms with Crippen molar-refractivity contribution in [1.82, 2.24) is 21.3 Å². The fourth-order valence-corrected chi connectivity index (χ4v) is 3.31. The Bertz CT molecular complexity index is 852. The summed E-state index contributed by atoms with van der Waals surface area (Å²) < 4.78 is 0. The van der Waals surface area contributed by atoms with Gasteiger partial charge in [-0.15, -0.1) is 0 Å². The van der Waals surface area contributed by atoms with E-state index in [1.807, 2.05) is 13.8 Å². The highest BCUT2D eigenvalue weighted by molar-refractivity contribution is 5.93. The monoisotopic (exact) mass is 545 g/mol. The molecule has 0 saturated heterocycles. The second-order valence-corrected chi connectivity index (χ2v) is 10.0. The van der Waals surface area contributed by atoms with Crippen LogP contribution in [0.15, 0.2) is 0 Å². The van der Waals surface area contributed by atoms with Gasteiger partial charge in [0.05, 0.1) is 37.1 Å². The van der Waals surface area contributed by atoms with Crippen LogP contribution >= 0.6 is 0 Å². The lowest BCUT2D eigenvalue weighted by Gasteiger charge is -2.29. The number of carboxylic acid groups (broad SMARTS) is 1. The SMILES string of the molecule is CC(C)C[C@H](NC(=O)[C@H](CC(N)=O)NC(=O)[C@@H](N)C(C)C)[C@@H](O)CN[C@@H](CC(=O)O)C(=O)N[C@@H](C)C(N)=O. The molecule has 0 radical (unpaired) electrons. The van der Waals surface area contributed by atoms with E-state index in [9.17, 15) is 33.9 Å². The summed E-state index contributed by atoms with van der Waals surface area (Å²) in [6, 6.07) is -5.58. The molecular weight excluding hydrogens is 502 g/mol. The maximum atomic E-state index is 13.0. The van der Waals surface area contributed by atoms with E-state index in [1.165, 1.54) is 6.92 Å². The second-order valence-electron chi connectivity index (χ2n) is 10.0. The molecule has 0 rings (SSSR count). The lowest BCUT2D eigenvalue weighted by atomic mass is 9.97. The minimum absolute atomic E-state index is 0.0250. The number of rotatable bonds is 18. The zero-order chi connectivity index (χ0) is 29.7. The first-order valence-electron chi connectivity index (χ1n) is 12.3. The summed E-state index contributed by atoms with van der Waals surface area (Å²) in [6.07, 6.45) is -2.23. The van der Waals surface area contributed by atoms with Crippen LogP contribution in [0.5, 0.6) is 0 Å². The van der Waals surface area contributed by atoms with Gasteiger partial charge in [-0.1, -0.05) is 27.7 Å². The number of nitrogens with two attached hydrogens (primary N) is 3. The number of primary amides is 2. The molecule has 5 amide bonds. The molecule has 0 bridgehead atoms. The molecule has 0 unspecified atom stereocenters.